The lowest BCUT2D eigenvalue weighted by Gasteiger charge is -2.25. The lowest BCUT2D eigenvalue weighted by atomic mass is 10.2. The Morgan fingerprint density at radius 2 is 1.89 bits per heavy atom. The molecule has 0 fully saturated rings. The summed E-state index contributed by atoms with van der Waals surface area (Å²) in [5.41, 5.74) is 8.50. The highest BCUT2D eigenvalue weighted by Crippen LogP contribution is 2.32. The second kappa shape index (κ2) is 6.12. The van der Waals surface area contributed by atoms with Crippen molar-refractivity contribution in [2.45, 2.75) is 6.42 Å². The molecule has 0 saturated carbocycles. The van der Waals surface area contributed by atoms with Crippen molar-refractivity contribution in [2.24, 2.45) is 0 Å². The van der Waals surface area contributed by atoms with Crippen LogP contribution in [0.2, 0.25) is 5.02 Å². The predicted octanol–water partition coefficient (Wildman–Crippen LogP) is 3.97. The van der Waals surface area contributed by atoms with Gasteiger partial charge in [0.25, 0.3) is 0 Å². The molecule has 0 atom stereocenters. The Balaban J connectivity index is 2.40. The lowest BCUT2D eigenvalue weighted by molar-refractivity contribution is 0.949. The van der Waals surface area contributed by atoms with Crippen LogP contribution in [-0.2, 0) is 0 Å². The van der Waals surface area contributed by atoms with Crippen molar-refractivity contribution in [2.75, 3.05) is 17.2 Å². The van der Waals surface area contributed by atoms with E-state index in [1.54, 1.807) is 12.1 Å². The number of rotatable bonds is 4. The normalized spacial score (nSPS) is 9.89. The minimum absolute atomic E-state index is 0.428. The number of hydrogen-bond acceptors (Lipinski definition) is 3. The van der Waals surface area contributed by atoms with E-state index in [4.69, 9.17) is 22.6 Å². The van der Waals surface area contributed by atoms with Gasteiger partial charge in [-0.3, -0.25) is 0 Å². The van der Waals surface area contributed by atoms with Crippen LogP contribution in [0.15, 0.2) is 48.5 Å². The molecule has 0 saturated heterocycles. The van der Waals surface area contributed by atoms with Crippen molar-refractivity contribution in [3.05, 3.63) is 53.6 Å². The van der Waals surface area contributed by atoms with Gasteiger partial charge in [0.1, 0.15) is 0 Å². The molecule has 2 aromatic carbocycles. The van der Waals surface area contributed by atoms with Crippen molar-refractivity contribution in [3.8, 4) is 6.07 Å². The molecule has 0 aromatic heterocycles. The number of nitrogens with two attached hydrogens (primary N) is 1. The van der Waals surface area contributed by atoms with Crippen LogP contribution >= 0.6 is 11.6 Å². The summed E-state index contributed by atoms with van der Waals surface area (Å²) >= 11 is 5.92. The van der Waals surface area contributed by atoms with Gasteiger partial charge in [0.15, 0.2) is 0 Å². The monoisotopic (exact) mass is 271 g/mol. The Labute approximate surface area is 117 Å². The highest BCUT2D eigenvalue weighted by atomic mass is 35.5. The Kier molecular flexibility index (Phi) is 4.27. The van der Waals surface area contributed by atoms with E-state index in [0.29, 0.717) is 23.7 Å². The summed E-state index contributed by atoms with van der Waals surface area (Å²) in [6.07, 6.45) is 0.428. The van der Waals surface area contributed by atoms with Gasteiger partial charge in [0.05, 0.1) is 23.9 Å². The Morgan fingerprint density at radius 3 is 2.53 bits per heavy atom. The van der Waals surface area contributed by atoms with Crippen molar-refractivity contribution >= 4 is 28.7 Å². The fourth-order valence-corrected chi connectivity index (χ4v) is 2.11. The van der Waals surface area contributed by atoms with Gasteiger partial charge in [-0.25, -0.2) is 0 Å². The molecule has 0 radical (unpaired) electrons. The van der Waals surface area contributed by atoms with Crippen molar-refractivity contribution in [3.63, 3.8) is 0 Å². The van der Waals surface area contributed by atoms with Gasteiger partial charge < -0.3 is 10.6 Å². The minimum atomic E-state index is 0.428. The quantitative estimate of drug-likeness (QED) is 0.856. The smallest absolute Gasteiger partial charge is 0.0645 e. The Morgan fingerprint density at radius 1 is 1.16 bits per heavy atom. The molecule has 2 aromatic rings. The molecule has 2 rings (SSSR count). The minimum Gasteiger partial charge on any atom is -0.397 e. The zero-order valence-corrected chi connectivity index (χ0v) is 11.1. The van der Waals surface area contributed by atoms with Gasteiger partial charge in [-0.2, -0.15) is 5.26 Å². The summed E-state index contributed by atoms with van der Waals surface area (Å²) < 4.78 is 0. The summed E-state index contributed by atoms with van der Waals surface area (Å²) in [6, 6.07) is 17.4. The first kappa shape index (κ1) is 13.3. The van der Waals surface area contributed by atoms with Gasteiger partial charge in [-0.15, -0.1) is 0 Å². The highest BCUT2D eigenvalue weighted by Gasteiger charge is 2.11. The Hall–Kier alpha value is -2.18. The summed E-state index contributed by atoms with van der Waals surface area (Å²) in [6.45, 7) is 0.590. The Bertz CT molecular complexity index is 590. The van der Waals surface area contributed by atoms with E-state index in [1.165, 1.54) is 0 Å². The third-order valence-electron chi connectivity index (χ3n) is 2.80. The molecule has 0 aliphatic heterocycles. The standard InChI is InChI=1S/C15H14ClN3/c16-12-7-8-15(14(18)11-12)19(10-4-9-17)13-5-2-1-3-6-13/h1-3,5-8,11H,4,10,18H2. The van der Waals surface area contributed by atoms with Crippen LogP contribution < -0.4 is 10.6 Å². The highest BCUT2D eigenvalue weighted by molar-refractivity contribution is 6.31. The molecule has 0 aliphatic rings. The van der Waals surface area contributed by atoms with Crippen LogP contribution in [0, 0.1) is 11.3 Å². The topological polar surface area (TPSA) is 53.0 Å². The summed E-state index contributed by atoms with van der Waals surface area (Å²) in [5, 5.41) is 9.40. The number of hydrogen-bond donors (Lipinski definition) is 1. The van der Waals surface area contributed by atoms with E-state index < -0.39 is 0 Å². The van der Waals surface area contributed by atoms with Crippen LogP contribution in [0.4, 0.5) is 17.1 Å². The van der Waals surface area contributed by atoms with E-state index in [0.717, 1.165) is 11.4 Å². The average molecular weight is 272 g/mol. The molecule has 0 amide bonds. The maximum absolute atomic E-state index is 8.79. The first-order chi connectivity index (χ1) is 9.22. The molecule has 0 spiro atoms. The predicted molar refractivity (Wildman–Crippen MR) is 79.5 cm³/mol. The van der Waals surface area contributed by atoms with Crippen molar-refractivity contribution in [1.82, 2.24) is 0 Å². The number of nitrogen functional groups attached to an aromatic ring is 1. The summed E-state index contributed by atoms with van der Waals surface area (Å²) in [7, 11) is 0. The molecule has 19 heavy (non-hydrogen) atoms. The molecule has 4 heteroatoms. The third kappa shape index (κ3) is 3.18. The van der Waals surface area contributed by atoms with Gasteiger partial charge in [-0.05, 0) is 30.3 Å². The molecule has 2 N–H and O–H groups in total. The van der Waals surface area contributed by atoms with E-state index in [1.807, 2.05) is 41.3 Å². The van der Waals surface area contributed by atoms with Gasteiger partial charge in [-0.1, -0.05) is 29.8 Å². The third-order valence-corrected chi connectivity index (χ3v) is 3.03. The molecule has 0 unspecified atom stereocenters. The molecular weight excluding hydrogens is 258 g/mol. The number of halogens is 1. The summed E-state index contributed by atoms with van der Waals surface area (Å²) in [5.74, 6) is 0. The average Bonchev–Trinajstić information content (AvgIpc) is 2.42. The van der Waals surface area contributed by atoms with Crippen LogP contribution in [0.3, 0.4) is 0 Å². The zero-order valence-electron chi connectivity index (χ0n) is 10.4. The first-order valence-corrected chi connectivity index (χ1v) is 6.34. The molecule has 3 nitrogen and oxygen atoms in total. The van der Waals surface area contributed by atoms with E-state index in [9.17, 15) is 0 Å². The van der Waals surface area contributed by atoms with E-state index in [-0.39, 0.29) is 0 Å². The maximum Gasteiger partial charge on any atom is 0.0645 e. The molecule has 0 bridgehead atoms. The molecule has 0 aliphatic carbocycles. The van der Waals surface area contributed by atoms with Crippen LogP contribution in [0.1, 0.15) is 6.42 Å². The number of para-hydroxylation sites is 1. The second-order valence-corrected chi connectivity index (χ2v) is 4.53. The fraction of sp³-hybridized carbons (Fsp3) is 0.133. The first-order valence-electron chi connectivity index (χ1n) is 5.97. The molecular formula is C15H14ClN3. The van der Waals surface area contributed by atoms with Crippen molar-refractivity contribution in [1.29, 1.82) is 5.26 Å². The SMILES string of the molecule is N#CCCN(c1ccccc1)c1ccc(Cl)cc1N. The van der Waals surface area contributed by atoms with Crippen LogP contribution in [0.25, 0.3) is 0 Å². The van der Waals surface area contributed by atoms with Crippen LogP contribution in [0.5, 0.6) is 0 Å². The molecule has 0 heterocycles. The maximum atomic E-state index is 8.79. The number of nitriles is 1. The fourth-order valence-electron chi connectivity index (χ4n) is 1.93. The van der Waals surface area contributed by atoms with Gasteiger partial charge in [0, 0.05) is 17.3 Å². The van der Waals surface area contributed by atoms with Crippen molar-refractivity contribution < 1.29 is 0 Å². The largest absolute Gasteiger partial charge is 0.397 e. The molecule has 96 valence electrons. The van der Waals surface area contributed by atoms with Gasteiger partial charge >= 0.3 is 0 Å². The van der Waals surface area contributed by atoms with E-state index in [2.05, 4.69) is 6.07 Å². The summed E-state index contributed by atoms with van der Waals surface area (Å²) in [4.78, 5) is 2.02. The van der Waals surface area contributed by atoms with E-state index >= 15 is 0 Å². The zero-order chi connectivity index (χ0) is 13.7. The second-order valence-electron chi connectivity index (χ2n) is 4.10. The number of anilines is 3. The van der Waals surface area contributed by atoms with Crippen LogP contribution in [-0.4, -0.2) is 6.54 Å². The van der Waals surface area contributed by atoms with Gasteiger partial charge in [0.2, 0.25) is 0 Å². The lowest BCUT2D eigenvalue weighted by Crippen LogP contribution is -2.19. The number of nitrogens with zero attached hydrogens (tertiary/aromatic N) is 2. The number of benzene rings is 2.